The Labute approximate surface area is 145 Å². The van der Waals surface area contributed by atoms with Gasteiger partial charge in [0, 0.05) is 31.9 Å². The van der Waals surface area contributed by atoms with Crippen LogP contribution >= 0.6 is 24.0 Å². The summed E-state index contributed by atoms with van der Waals surface area (Å²) in [5.74, 6) is 1.56. The zero-order chi connectivity index (χ0) is 14.8. The first-order chi connectivity index (χ1) is 9.72. The highest BCUT2D eigenvalue weighted by Crippen LogP contribution is 2.14. The molecule has 0 amide bonds. The predicted octanol–water partition coefficient (Wildman–Crippen LogP) is 2.91. The molecule has 0 spiro atoms. The zero-order valence-electron chi connectivity index (χ0n) is 13.4. The van der Waals surface area contributed by atoms with Crippen molar-refractivity contribution in [2.75, 3.05) is 27.2 Å². The molecule has 0 unspecified atom stereocenters. The molecule has 0 bridgehead atoms. The maximum atomic E-state index is 5.25. The normalized spacial score (nSPS) is 10.8. The predicted molar refractivity (Wildman–Crippen MR) is 98.6 cm³/mol. The van der Waals surface area contributed by atoms with Crippen molar-refractivity contribution in [1.82, 2.24) is 15.2 Å². The van der Waals surface area contributed by atoms with Gasteiger partial charge in [0.05, 0.1) is 13.7 Å². The number of halogens is 1. The summed E-state index contributed by atoms with van der Waals surface area (Å²) in [5, 5.41) is 3.31. The molecule has 1 N–H and O–H groups in total. The molecule has 0 aromatic carbocycles. The van der Waals surface area contributed by atoms with Crippen molar-refractivity contribution in [1.29, 1.82) is 0 Å². The Balaban J connectivity index is 0.00000400. The summed E-state index contributed by atoms with van der Waals surface area (Å²) in [5.41, 5.74) is 0.995. The van der Waals surface area contributed by atoms with Crippen LogP contribution in [0.3, 0.4) is 0 Å². The van der Waals surface area contributed by atoms with E-state index in [1.54, 1.807) is 13.3 Å². The third-order valence-corrected chi connectivity index (χ3v) is 2.99. The number of nitrogens with one attached hydrogen (secondary N) is 1. The number of hydrogen-bond acceptors (Lipinski definition) is 3. The van der Waals surface area contributed by atoms with E-state index in [0.717, 1.165) is 31.0 Å². The van der Waals surface area contributed by atoms with Crippen molar-refractivity contribution in [2.24, 2.45) is 4.99 Å². The second-order valence-electron chi connectivity index (χ2n) is 4.62. The molecule has 1 aromatic heterocycles. The molecule has 5 nitrogen and oxygen atoms in total. The van der Waals surface area contributed by atoms with Crippen LogP contribution < -0.4 is 10.1 Å². The number of ether oxygens (including phenoxy) is 1. The maximum absolute atomic E-state index is 5.25. The first-order valence-electron chi connectivity index (χ1n) is 7.20. The number of unbranched alkanes of at least 4 members (excludes halogenated alkanes) is 1. The van der Waals surface area contributed by atoms with Crippen LogP contribution in [0.2, 0.25) is 0 Å². The monoisotopic (exact) mass is 406 g/mol. The summed E-state index contributed by atoms with van der Waals surface area (Å²) in [7, 11) is 3.70. The van der Waals surface area contributed by atoms with E-state index in [1.807, 2.05) is 12.1 Å². The van der Waals surface area contributed by atoms with Gasteiger partial charge in [-0.15, -0.1) is 24.0 Å². The molecule has 1 heterocycles. The van der Waals surface area contributed by atoms with E-state index in [9.17, 15) is 0 Å². The molecular weight excluding hydrogens is 379 g/mol. The molecule has 0 fully saturated rings. The van der Waals surface area contributed by atoms with Crippen molar-refractivity contribution in [3.63, 3.8) is 0 Å². The van der Waals surface area contributed by atoms with Gasteiger partial charge in [-0.3, -0.25) is 0 Å². The Bertz CT molecular complexity index is 426. The van der Waals surface area contributed by atoms with Crippen molar-refractivity contribution in [2.45, 2.75) is 33.2 Å². The Morgan fingerprint density at radius 2 is 2.19 bits per heavy atom. The lowest BCUT2D eigenvalue weighted by Gasteiger charge is -2.21. The average molecular weight is 406 g/mol. The molecule has 0 aliphatic carbocycles. The van der Waals surface area contributed by atoms with Crippen molar-refractivity contribution < 1.29 is 4.74 Å². The molecule has 0 saturated carbocycles. The molecule has 0 aliphatic heterocycles. The summed E-state index contributed by atoms with van der Waals surface area (Å²) in [6, 6.07) is 3.89. The lowest BCUT2D eigenvalue weighted by Crippen LogP contribution is -2.39. The Hall–Kier alpha value is -1.05. The Kier molecular flexibility index (Phi) is 11.0. The molecule has 0 atom stereocenters. The smallest absolute Gasteiger partial charge is 0.218 e. The van der Waals surface area contributed by atoms with E-state index in [2.05, 4.69) is 41.1 Å². The van der Waals surface area contributed by atoms with Gasteiger partial charge in [-0.05, 0) is 19.4 Å². The van der Waals surface area contributed by atoms with Gasteiger partial charge < -0.3 is 15.0 Å². The average Bonchev–Trinajstić information content (AvgIpc) is 2.49. The summed E-state index contributed by atoms with van der Waals surface area (Å²) in [6.45, 7) is 6.70. The number of rotatable bonds is 7. The number of guanidine groups is 1. The fraction of sp³-hybridized carbons (Fsp3) is 0.600. The van der Waals surface area contributed by atoms with Gasteiger partial charge in [-0.2, -0.15) is 0 Å². The van der Waals surface area contributed by atoms with Crippen LogP contribution in [-0.2, 0) is 6.54 Å². The topological polar surface area (TPSA) is 49.8 Å². The third kappa shape index (κ3) is 6.97. The van der Waals surface area contributed by atoms with Crippen LogP contribution in [-0.4, -0.2) is 43.1 Å². The first-order valence-corrected chi connectivity index (χ1v) is 7.20. The van der Waals surface area contributed by atoms with E-state index in [0.29, 0.717) is 12.4 Å². The van der Waals surface area contributed by atoms with Gasteiger partial charge in [0.1, 0.15) is 0 Å². The minimum atomic E-state index is 0. The fourth-order valence-electron chi connectivity index (χ4n) is 1.86. The second-order valence-corrected chi connectivity index (χ2v) is 4.62. The molecule has 0 saturated heterocycles. The van der Waals surface area contributed by atoms with Gasteiger partial charge >= 0.3 is 0 Å². The molecule has 1 rings (SSSR count). The van der Waals surface area contributed by atoms with Crippen molar-refractivity contribution >= 4 is 29.9 Å². The van der Waals surface area contributed by atoms with Gasteiger partial charge in [0.2, 0.25) is 5.88 Å². The largest absolute Gasteiger partial charge is 0.481 e. The molecule has 0 radical (unpaired) electrons. The molecule has 0 aliphatic rings. The van der Waals surface area contributed by atoms with Crippen molar-refractivity contribution in [3.8, 4) is 5.88 Å². The third-order valence-electron chi connectivity index (χ3n) is 2.99. The van der Waals surface area contributed by atoms with Gasteiger partial charge in [0.25, 0.3) is 0 Å². The first kappa shape index (κ1) is 19.9. The van der Waals surface area contributed by atoms with E-state index < -0.39 is 0 Å². The Morgan fingerprint density at radius 1 is 1.43 bits per heavy atom. The number of pyridine rings is 1. The molecular formula is C15H27IN4O. The highest BCUT2D eigenvalue weighted by Gasteiger charge is 2.06. The number of aliphatic imine (C=N–C) groups is 1. The highest BCUT2D eigenvalue weighted by atomic mass is 127. The Morgan fingerprint density at radius 3 is 2.81 bits per heavy atom. The van der Waals surface area contributed by atoms with Crippen molar-refractivity contribution in [3.05, 3.63) is 23.9 Å². The van der Waals surface area contributed by atoms with Crippen LogP contribution in [0.4, 0.5) is 0 Å². The van der Waals surface area contributed by atoms with Gasteiger partial charge in [-0.1, -0.05) is 19.4 Å². The van der Waals surface area contributed by atoms with Crippen LogP contribution in [0, 0.1) is 0 Å². The van der Waals surface area contributed by atoms with E-state index in [1.165, 1.54) is 6.42 Å². The summed E-state index contributed by atoms with van der Waals surface area (Å²) in [6.07, 6.45) is 4.07. The van der Waals surface area contributed by atoms with Crippen LogP contribution in [0.25, 0.3) is 0 Å². The summed E-state index contributed by atoms with van der Waals surface area (Å²) in [4.78, 5) is 11.0. The summed E-state index contributed by atoms with van der Waals surface area (Å²) < 4.78 is 5.25. The molecule has 120 valence electrons. The fourth-order valence-corrected chi connectivity index (χ4v) is 1.86. The SMILES string of the molecule is CCCCN(C)C(=NCc1cccnc1OC)NCC.I. The molecule has 1 aromatic rings. The number of aromatic nitrogens is 1. The van der Waals surface area contributed by atoms with Gasteiger partial charge in [0.15, 0.2) is 5.96 Å². The molecule has 6 heteroatoms. The minimum absolute atomic E-state index is 0. The lowest BCUT2D eigenvalue weighted by molar-refractivity contribution is 0.392. The number of nitrogens with zero attached hydrogens (tertiary/aromatic N) is 3. The van der Waals surface area contributed by atoms with Crippen LogP contribution in [0.5, 0.6) is 5.88 Å². The summed E-state index contributed by atoms with van der Waals surface area (Å²) >= 11 is 0. The maximum Gasteiger partial charge on any atom is 0.218 e. The quantitative estimate of drug-likeness (QED) is 0.430. The van der Waals surface area contributed by atoms with Gasteiger partial charge in [-0.25, -0.2) is 9.98 Å². The van der Waals surface area contributed by atoms with E-state index in [4.69, 9.17) is 4.74 Å². The van der Waals surface area contributed by atoms with Crippen LogP contribution in [0.1, 0.15) is 32.3 Å². The van der Waals surface area contributed by atoms with Crippen LogP contribution in [0.15, 0.2) is 23.3 Å². The highest BCUT2D eigenvalue weighted by molar-refractivity contribution is 14.0. The van der Waals surface area contributed by atoms with E-state index in [-0.39, 0.29) is 24.0 Å². The minimum Gasteiger partial charge on any atom is -0.481 e. The molecule has 21 heavy (non-hydrogen) atoms. The lowest BCUT2D eigenvalue weighted by atomic mass is 10.3. The number of methoxy groups -OCH3 is 1. The van der Waals surface area contributed by atoms with E-state index >= 15 is 0 Å². The zero-order valence-corrected chi connectivity index (χ0v) is 15.8. The second kappa shape index (κ2) is 11.6. The number of hydrogen-bond donors (Lipinski definition) is 1. The standard InChI is InChI=1S/C15H26N4O.HI/c1-5-7-11-19(3)15(16-6-2)18-12-13-9-8-10-17-14(13)20-4;/h8-10H,5-7,11-12H2,1-4H3,(H,16,18);1H.